The van der Waals surface area contributed by atoms with Crippen molar-refractivity contribution < 1.29 is 21.6 Å². The molecule has 24 heavy (non-hydrogen) atoms. The SMILES string of the molecule is O=S(=O)(Nc1cnc(C(F)(F)F)nc1)c1ccc2c(c1)CCCC2. The van der Waals surface area contributed by atoms with Gasteiger partial charge < -0.3 is 0 Å². The first kappa shape index (κ1) is 16.7. The van der Waals surface area contributed by atoms with Crippen LogP contribution in [0, 0.1) is 0 Å². The van der Waals surface area contributed by atoms with Crippen molar-refractivity contribution in [3.05, 3.63) is 47.5 Å². The molecule has 1 aromatic carbocycles. The lowest BCUT2D eigenvalue weighted by Gasteiger charge is -2.17. The Bertz CT molecular complexity index is 849. The Morgan fingerprint density at radius 1 is 1.00 bits per heavy atom. The number of fused-ring (bicyclic) bond motifs is 1. The van der Waals surface area contributed by atoms with Crippen LogP contribution in [0.1, 0.15) is 29.8 Å². The van der Waals surface area contributed by atoms with Crippen LogP contribution in [-0.2, 0) is 29.0 Å². The maximum atomic E-state index is 12.4. The lowest BCUT2D eigenvalue weighted by Crippen LogP contribution is -2.16. The topological polar surface area (TPSA) is 72.0 Å². The highest BCUT2D eigenvalue weighted by molar-refractivity contribution is 7.92. The summed E-state index contributed by atoms with van der Waals surface area (Å²) in [7, 11) is -3.91. The van der Waals surface area contributed by atoms with E-state index in [0.717, 1.165) is 49.2 Å². The molecule has 128 valence electrons. The van der Waals surface area contributed by atoms with E-state index in [9.17, 15) is 21.6 Å². The van der Waals surface area contributed by atoms with Crippen LogP contribution in [0.25, 0.3) is 0 Å². The molecule has 0 saturated carbocycles. The molecule has 1 N–H and O–H groups in total. The van der Waals surface area contributed by atoms with E-state index in [1.165, 1.54) is 6.07 Å². The number of hydrogen-bond donors (Lipinski definition) is 1. The van der Waals surface area contributed by atoms with E-state index in [4.69, 9.17) is 0 Å². The number of aryl methyl sites for hydroxylation is 2. The minimum atomic E-state index is -4.67. The summed E-state index contributed by atoms with van der Waals surface area (Å²) in [6.07, 6.45) is 0.766. The second-order valence-electron chi connectivity index (χ2n) is 5.54. The highest BCUT2D eigenvalue weighted by atomic mass is 32.2. The fourth-order valence-electron chi connectivity index (χ4n) is 2.62. The summed E-state index contributed by atoms with van der Waals surface area (Å²) >= 11 is 0. The van der Waals surface area contributed by atoms with Gasteiger partial charge in [-0.15, -0.1) is 0 Å². The van der Waals surface area contributed by atoms with Crippen LogP contribution in [0.15, 0.2) is 35.5 Å². The van der Waals surface area contributed by atoms with Gasteiger partial charge in [0.25, 0.3) is 10.0 Å². The van der Waals surface area contributed by atoms with E-state index < -0.39 is 22.0 Å². The second kappa shape index (κ2) is 6.04. The summed E-state index contributed by atoms with van der Waals surface area (Å²) < 4.78 is 64.2. The van der Waals surface area contributed by atoms with E-state index in [1.807, 2.05) is 0 Å². The number of benzene rings is 1. The quantitative estimate of drug-likeness (QED) is 0.916. The van der Waals surface area contributed by atoms with Crippen molar-refractivity contribution in [2.75, 3.05) is 4.72 Å². The molecule has 0 bridgehead atoms. The number of anilines is 1. The van der Waals surface area contributed by atoms with Crippen molar-refractivity contribution in [2.24, 2.45) is 0 Å². The van der Waals surface area contributed by atoms with Crippen LogP contribution in [-0.4, -0.2) is 18.4 Å². The summed E-state index contributed by atoms with van der Waals surface area (Å²) in [5, 5.41) is 0. The van der Waals surface area contributed by atoms with Gasteiger partial charge in [-0.1, -0.05) is 6.07 Å². The molecule has 0 unspecified atom stereocenters. The summed E-state index contributed by atoms with van der Waals surface area (Å²) in [6, 6.07) is 4.89. The summed E-state index contributed by atoms with van der Waals surface area (Å²) in [4.78, 5) is 6.34. The monoisotopic (exact) mass is 357 g/mol. The Hall–Kier alpha value is -2.16. The zero-order valence-electron chi connectivity index (χ0n) is 12.5. The van der Waals surface area contributed by atoms with E-state index in [1.54, 1.807) is 12.1 Å². The van der Waals surface area contributed by atoms with Gasteiger partial charge in [0, 0.05) is 0 Å². The van der Waals surface area contributed by atoms with Crippen LogP contribution in [0.3, 0.4) is 0 Å². The van der Waals surface area contributed by atoms with E-state index in [2.05, 4.69) is 14.7 Å². The van der Waals surface area contributed by atoms with Crippen molar-refractivity contribution in [3.63, 3.8) is 0 Å². The Kier molecular flexibility index (Phi) is 4.20. The number of alkyl halides is 3. The minimum Gasteiger partial charge on any atom is -0.276 e. The maximum absolute atomic E-state index is 12.4. The van der Waals surface area contributed by atoms with Gasteiger partial charge in [0.15, 0.2) is 0 Å². The third kappa shape index (κ3) is 3.50. The number of rotatable bonds is 3. The molecule has 0 fully saturated rings. The Labute approximate surface area is 137 Å². The van der Waals surface area contributed by atoms with Gasteiger partial charge in [-0.05, 0) is 48.9 Å². The Morgan fingerprint density at radius 3 is 2.25 bits per heavy atom. The fourth-order valence-corrected chi connectivity index (χ4v) is 3.70. The Balaban J connectivity index is 1.83. The number of sulfonamides is 1. The van der Waals surface area contributed by atoms with Gasteiger partial charge in [0.2, 0.25) is 5.82 Å². The molecule has 0 radical (unpaired) electrons. The molecule has 1 aliphatic rings. The number of aromatic nitrogens is 2. The average molecular weight is 357 g/mol. The molecular formula is C15H14F3N3O2S. The van der Waals surface area contributed by atoms with Crippen LogP contribution < -0.4 is 4.72 Å². The molecule has 9 heteroatoms. The highest BCUT2D eigenvalue weighted by Gasteiger charge is 2.34. The van der Waals surface area contributed by atoms with Gasteiger partial charge in [0.1, 0.15) is 0 Å². The summed E-state index contributed by atoms with van der Waals surface area (Å²) in [5.41, 5.74) is 2.01. The molecule has 5 nitrogen and oxygen atoms in total. The van der Waals surface area contributed by atoms with Crippen molar-refractivity contribution in [1.29, 1.82) is 0 Å². The first-order chi connectivity index (χ1) is 11.3. The molecule has 3 rings (SSSR count). The molecular weight excluding hydrogens is 343 g/mol. The third-order valence-corrected chi connectivity index (χ3v) is 5.17. The zero-order chi connectivity index (χ0) is 17.4. The third-order valence-electron chi connectivity index (χ3n) is 3.79. The summed E-state index contributed by atoms with van der Waals surface area (Å²) in [6.45, 7) is 0. The first-order valence-corrected chi connectivity index (χ1v) is 8.78. The molecule has 1 heterocycles. The first-order valence-electron chi connectivity index (χ1n) is 7.29. The minimum absolute atomic E-state index is 0.0723. The average Bonchev–Trinajstić information content (AvgIpc) is 2.53. The molecule has 0 saturated heterocycles. The lowest BCUT2D eigenvalue weighted by atomic mass is 9.92. The van der Waals surface area contributed by atoms with Crippen LogP contribution >= 0.6 is 0 Å². The van der Waals surface area contributed by atoms with Gasteiger partial charge in [-0.25, -0.2) is 18.4 Å². The van der Waals surface area contributed by atoms with Gasteiger partial charge in [-0.3, -0.25) is 4.72 Å². The molecule has 1 aromatic heterocycles. The summed E-state index contributed by atoms with van der Waals surface area (Å²) in [5.74, 6) is -1.32. The number of halogens is 3. The smallest absolute Gasteiger partial charge is 0.276 e. The largest absolute Gasteiger partial charge is 0.451 e. The van der Waals surface area contributed by atoms with Crippen LogP contribution in [0.5, 0.6) is 0 Å². The predicted octanol–water partition coefficient (Wildman–Crippen LogP) is 3.18. The molecule has 0 aliphatic heterocycles. The zero-order valence-corrected chi connectivity index (χ0v) is 13.3. The standard InChI is InChI=1S/C15H14F3N3O2S/c16-15(17,18)14-19-8-12(9-20-14)21-24(22,23)13-6-5-10-3-1-2-4-11(10)7-13/h5-9,21H,1-4H2. The van der Waals surface area contributed by atoms with E-state index in [-0.39, 0.29) is 10.6 Å². The molecule has 0 atom stereocenters. The highest BCUT2D eigenvalue weighted by Crippen LogP contribution is 2.27. The fraction of sp³-hybridized carbons (Fsp3) is 0.333. The van der Waals surface area contributed by atoms with Crippen LogP contribution in [0.2, 0.25) is 0 Å². The second-order valence-corrected chi connectivity index (χ2v) is 7.22. The van der Waals surface area contributed by atoms with Gasteiger partial charge >= 0.3 is 6.18 Å². The van der Waals surface area contributed by atoms with Gasteiger partial charge in [-0.2, -0.15) is 13.2 Å². The van der Waals surface area contributed by atoms with E-state index >= 15 is 0 Å². The number of nitrogens with zero attached hydrogens (tertiary/aromatic N) is 2. The molecule has 0 spiro atoms. The Morgan fingerprint density at radius 2 is 1.62 bits per heavy atom. The number of nitrogens with one attached hydrogen (secondary N) is 1. The van der Waals surface area contributed by atoms with Gasteiger partial charge in [0.05, 0.1) is 23.0 Å². The van der Waals surface area contributed by atoms with E-state index in [0.29, 0.717) is 0 Å². The maximum Gasteiger partial charge on any atom is 0.451 e. The molecule has 0 amide bonds. The predicted molar refractivity (Wildman–Crippen MR) is 80.9 cm³/mol. The van der Waals surface area contributed by atoms with Crippen molar-refractivity contribution in [3.8, 4) is 0 Å². The van der Waals surface area contributed by atoms with Crippen molar-refractivity contribution >= 4 is 15.7 Å². The van der Waals surface area contributed by atoms with Crippen molar-refractivity contribution in [2.45, 2.75) is 36.8 Å². The molecule has 1 aliphatic carbocycles. The lowest BCUT2D eigenvalue weighted by molar-refractivity contribution is -0.144. The molecule has 2 aromatic rings. The van der Waals surface area contributed by atoms with Crippen molar-refractivity contribution in [1.82, 2.24) is 9.97 Å². The van der Waals surface area contributed by atoms with Crippen LogP contribution in [0.4, 0.5) is 18.9 Å². The number of hydrogen-bond acceptors (Lipinski definition) is 4. The normalized spacial score (nSPS) is 15.0.